The summed E-state index contributed by atoms with van der Waals surface area (Å²) in [4.78, 5) is 12.0. The van der Waals surface area contributed by atoms with Gasteiger partial charge in [-0.15, -0.1) is 0 Å². The minimum Gasteiger partial charge on any atom is -0.493 e. The molecule has 0 aliphatic rings. The van der Waals surface area contributed by atoms with Crippen LogP contribution < -0.4 is 10.1 Å². The summed E-state index contributed by atoms with van der Waals surface area (Å²) in [5, 5.41) is 13.3. The number of nitrogens with one attached hydrogen (secondary N) is 1. The van der Waals surface area contributed by atoms with Gasteiger partial charge in [-0.05, 0) is 57.0 Å². The number of hydrogen-bond donors (Lipinski definition) is 2. The summed E-state index contributed by atoms with van der Waals surface area (Å²) in [7, 11) is 0. The third kappa shape index (κ3) is 8.79. The standard InChI is InChI=1S/C25H31NO3/c1-20(2)8-7-16-25(3,28)17-19-29-23-13-11-21(12-14-23)15-18-26-24(27)22-9-5-4-6-10-22/h4-14,16,28H,15,17-19H2,1-3H3,(H,26,27). The zero-order valence-corrected chi connectivity index (χ0v) is 17.5. The Hall–Kier alpha value is -2.85. The summed E-state index contributed by atoms with van der Waals surface area (Å²) in [5.41, 5.74) is 2.08. The van der Waals surface area contributed by atoms with Gasteiger partial charge in [-0.2, -0.15) is 0 Å². The van der Waals surface area contributed by atoms with E-state index in [1.807, 2.05) is 68.5 Å². The number of amides is 1. The van der Waals surface area contributed by atoms with Crippen molar-refractivity contribution >= 4 is 5.91 Å². The van der Waals surface area contributed by atoms with Gasteiger partial charge in [-0.1, -0.05) is 54.1 Å². The lowest BCUT2D eigenvalue weighted by Crippen LogP contribution is -2.25. The minimum atomic E-state index is -0.900. The van der Waals surface area contributed by atoms with E-state index in [9.17, 15) is 9.90 Å². The molecule has 4 nitrogen and oxygen atoms in total. The molecule has 0 saturated carbocycles. The second-order valence-corrected chi connectivity index (χ2v) is 7.57. The number of benzene rings is 2. The first kappa shape index (κ1) is 22.4. The quantitative estimate of drug-likeness (QED) is 0.575. The monoisotopic (exact) mass is 393 g/mol. The number of rotatable bonds is 10. The lowest BCUT2D eigenvalue weighted by atomic mass is 10.0. The summed E-state index contributed by atoms with van der Waals surface area (Å²) in [6.45, 7) is 6.82. The van der Waals surface area contributed by atoms with Crippen LogP contribution in [-0.4, -0.2) is 29.8 Å². The smallest absolute Gasteiger partial charge is 0.251 e. The SMILES string of the molecule is CC(C)=CC=CC(C)(O)CCOc1ccc(CCNC(=O)c2ccccc2)cc1. The normalized spacial score (nSPS) is 13.0. The van der Waals surface area contributed by atoms with Crippen molar-refractivity contribution in [3.8, 4) is 5.75 Å². The number of ether oxygens (including phenoxy) is 1. The summed E-state index contributed by atoms with van der Waals surface area (Å²) in [6, 6.07) is 17.0. The molecule has 0 aromatic heterocycles. The highest BCUT2D eigenvalue weighted by Crippen LogP contribution is 2.16. The van der Waals surface area contributed by atoms with Crippen molar-refractivity contribution < 1.29 is 14.6 Å². The topological polar surface area (TPSA) is 58.6 Å². The molecule has 4 heteroatoms. The van der Waals surface area contributed by atoms with E-state index in [1.165, 1.54) is 5.57 Å². The third-order valence-corrected chi connectivity index (χ3v) is 4.42. The lowest BCUT2D eigenvalue weighted by molar-refractivity contribution is 0.0832. The van der Waals surface area contributed by atoms with Gasteiger partial charge in [0.25, 0.3) is 5.91 Å². The molecule has 0 aliphatic carbocycles. The van der Waals surface area contributed by atoms with Crippen molar-refractivity contribution in [3.05, 3.63) is 89.5 Å². The highest BCUT2D eigenvalue weighted by molar-refractivity contribution is 5.94. The van der Waals surface area contributed by atoms with Gasteiger partial charge in [0.1, 0.15) is 5.75 Å². The summed E-state index contributed by atoms with van der Waals surface area (Å²) >= 11 is 0. The fourth-order valence-corrected chi connectivity index (χ4v) is 2.67. The minimum absolute atomic E-state index is 0.0590. The number of allylic oxidation sites excluding steroid dienone is 3. The molecule has 2 rings (SSSR count). The first-order chi connectivity index (χ1) is 13.9. The van der Waals surface area contributed by atoms with Gasteiger partial charge in [0.15, 0.2) is 0 Å². The van der Waals surface area contributed by atoms with E-state index >= 15 is 0 Å². The fourth-order valence-electron chi connectivity index (χ4n) is 2.67. The average Bonchev–Trinajstić information content (AvgIpc) is 2.69. The van der Waals surface area contributed by atoms with Crippen LogP contribution in [0, 0.1) is 0 Å². The molecule has 0 bridgehead atoms. The number of carbonyl (C=O) groups excluding carboxylic acids is 1. The Labute approximate surface area is 173 Å². The molecular weight excluding hydrogens is 362 g/mol. The van der Waals surface area contributed by atoms with Crippen LogP contribution in [0.1, 0.15) is 43.1 Å². The second-order valence-electron chi connectivity index (χ2n) is 7.57. The first-order valence-corrected chi connectivity index (χ1v) is 9.96. The maximum absolute atomic E-state index is 12.0. The Balaban J connectivity index is 1.72. The average molecular weight is 394 g/mol. The van der Waals surface area contributed by atoms with Crippen LogP contribution in [0.3, 0.4) is 0 Å². The maximum atomic E-state index is 12.0. The van der Waals surface area contributed by atoms with Crippen LogP contribution in [0.4, 0.5) is 0 Å². The largest absolute Gasteiger partial charge is 0.493 e. The molecule has 0 radical (unpaired) electrons. The van der Waals surface area contributed by atoms with E-state index in [0.29, 0.717) is 25.1 Å². The van der Waals surface area contributed by atoms with Crippen molar-refractivity contribution in [2.45, 2.75) is 39.2 Å². The summed E-state index contributed by atoms with van der Waals surface area (Å²) in [5.74, 6) is 0.711. The molecule has 1 atom stereocenters. The highest BCUT2D eigenvalue weighted by Gasteiger charge is 2.15. The van der Waals surface area contributed by atoms with Crippen LogP contribution in [-0.2, 0) is 6.42 Å². The van der Waals surface area contributed by atoms with E-state index in [-0.39, 0.29) is 5.91 Å². The van der Waals surface area contributed by atoms with E-state index in [0.717, 1.165) is 17.7 Å². The molecule has 2 aromatic carbocycles. The molecule has 2 aromatic rings. The van der Waals surface area contributed by atoms with Crippen molar-refractivity contribution in [2.24, 2.45) is 0 Å². The van der Waals surface area contributed by atoms with E-state index in [1.54, 1.807) is 25.1 Å². The zero-order valence-electron chi connectivity index (χ0n) is 17.5. The van der Waals surface area contributed by atoms with Crippen molar-refractivity contribution in [3.63, 3.8) is 0 Å². The van der Waals surface area contributed by atoms with Crippen LogP contribution in [0.2, 0.25) is 0 Å². The number of aliphatic hydroxyl groups is 1. The molecule has 0 aliphatic heterocycles. The molecular formula is C25H31NO3. The van der Waals surface area contributed by atoms with Crippen molar-refractivity contribution in [1.29, 1.82) is 0 Å². The molecule has 29 heavy (non-hydrogen) atoms. The van der Waals surface area contributed by atoms with Gasteiger partial charge in [0.2, 0.25) is 0 Å². The molecule has 0 spiro atoms. The Bertz CT molecular complexity index is 817. The Morgan fingerprint density at radius 2 is 1.79 bits per heavy atom. The molecule has 0 fully saturated rings. The van der Waals surface area contributed by atoms with Crippen LogP contribution in [0.25, 0.3) is 0 Å². The van der Waals surface area contributed by atoms with Gasteiger partial charge in [0.05, 0.1) is 12.2 Å². The highest BCUT2D eigenvalue weighted by atomic mass is 16.5. The fraction of sp³-hybridized carbons (Fsp3) is 0.320. The van der Waals surface area contributed by atoms with Crippen molar-refractivity contribution in [1.82, 2.24) is 5.32 Å². The van der Waals surface area contributed by atoms with Crippen LogP contribution >= 0.6 is 0 Å². The molecule has 1 amide bonds. The van der Waals surface area contributed by atoms with E-state index in [2.05, 4.69) is 5.32 Å². The molecule has 0 saturated heterocycles. The Kier molecular flexibility index (Phi) is 8.68. The van der Waals surface area contributed by atoms with Crippen LogP contribution in [0.5, 0.6) is 5.75 Å². The van der Waals surface area contributed by atoms with Gasteiger partial charge in [-0.3, -0.25) is 4.79 Å². The summed E-state index contributed by atoms with van der Waals surface area (Å²) in [6.07, 6.45) is 6.89. The molecule has 1 unspecified atom stereocenters. The van der Waals surface area contributed by atoms with Gasteiger partial charge >= 0.3 is 0 Å². The van der Waals surface area contributed by atoms with E-state index < -0.39 is 5.60 Å². The predicted molar refractivity (Wildman–Crippen MR) is 118 cm³/mol. The van der Waals surface area contributed by atoms with Crippen LogP contribution in [0.15, 0.2) is 78.4 Å². The molecule has 0 heterocycles. The summed E-state index contributed by atoms with van der Waals surface area (Å²) < 4.78 is 5.75. The van der Waals surface area contributed by atoms with Gasteiger partial charge in [0, 0.05) is 18.5 Å². The molecule has 2 N–H and O–H groups in total. The molecule has 154 valence electrons. The van der Waals surface area contributed by atoms with Gasteiger partial charge < -0.3 is 15.2 Å². The third-order valence-electron chi connectivity index (χ3n) is 4.42. The first-order valence-electron chi connectivity index (χ1n) is 9.96. The zero-order chi connectivity index (χ0) is 21.1. The Morgan fingerprint density at radius 3 is 2.45 bits per heavy atom. The Morgan fingerprint density at radius 1 is 1.10 bits per heavy atom. The maximum Gasteiger partial charge on any atom is 0.251 e. The predicted octanol–water partition coefficient (Wildman–Crippen LogP) is 4.70. The number of carbonyl (C=O) groups is 1. The van der Waals surface area contributed by atoms with Gasteiger partial charge in [-0.25, -0.2) is 0 Å². The van der Waals surface area contributed by atoms with E-state index in [4.69, 9.17) is 4.74 Å². The van der Waals surface area contributed by atoms with Crippen molar-refractivity contribution in [2.75, 3.05) is 13.2 Å². The lowest BCUT2D eigenvalue weighted by Gasteiger charge is -2.19. The number of hydrogen-bond acceptors (Lipinski definition) is 3. The second kappa shape index (κ2) is 11.2.